The van der Waals surface area contributed by atoms with Crippen molar-refractivity contribution in [2.75, 3.05) is 18.4 Å². The van der Waals surface area contributed by atoms with E-state index >= 15 is 0 Å². The first kappa shape index (κ1) is 17.5. The van der Waals surface area contributed by atoms with Gasteiger partial charge in [-0.25, -0.2) is 0 Å². The van der Waals surface area contributed by atoms with Gasteiger partial charge < -0.3 is 10.6 Å². The Morgan fingerprint density at radius 3 is 2.52 bits per heavy atom. The predicted octanol–water partition coefficient (Wildman–Crippen LogP) is 4.45. The molecular weight excluding hydrogens is 260 g/mol. The van der Waals surface area contributed by atoms with Gasteiger partial charge in [0, 0.05) is 18.8 Å². The lowest BCUT2D eigenvalue weighted by atomic mass is 10.0. The summed E-state index contributed by atoms with van der Waals surface area (Å²) < 4.78 is 0. The molecule has 1 rings (SSSR count). The van der Waals surface area contributed by atoms with E-state index < -0.39 is 0 Å². The van der Waals surface area contributed by atoms with Crippen LogP contribution in [0, 0.1) is 5.92 Å². The number of hydrogen-bond acceptors (Lipinski definition) is 2. The minimum absolute atomic E-state index is 0.0220. The molecule has 0 radical (unpaired) electrons. The Morgan fingerprint density at radius 1 is 1.10 bits per heavy atom. The van der Waals surface area contributed by atoms with Crippen molar-refractivity contribution < 1.29 is 4.79 Å². The molecule has 0 unspecified atom stereocenters. The van der Waals surface area contributed by atoms with E-state index in [1.54, 1.807) is 0 Å². The topological polar surface area (TPSA) is 41.1 Å². The number of para-hydroxylation sites is 1. The summed E-state index contributed by atoms with van der Waals surface area (Å²) in [5.74, 6) is 0.820. The summed E-state index contributed by atoms with van der Waals surface area (Å²) in [6.07, 6.45) is 6.13. The Balaban J connectivity index is 2.25. The van der Waals surface area contributed by atoms with Crippen molar-refractivity contribution in [3.63, 3.8) is 0 Å². The number of nitrogens with one attached hydrogen (secondary N) is 2. The molecule has 3 nitrogen and oxygen atoms in total. The molecule has 0 saturated heterocycles. The zero-order valence-electron chi connectivity index (χ0n) is 13.7. The molecule has 0 saturated carbocycles. The average Bonchev–Trinajstić information content (AvgIpc) is 2.46. The van der Waals surface area contributed by atoms with Crippen molar-refractivity contribution in [2.24, 2.45) is 5.92 Å². The van der Waals surface area contributed by atoms with Crippen LogP contribution in [0.4, 0.5) is 5.69 Å². The van der Waals surface area contributed by atoms with Crippen LogP contribution in [0.1, 0.15) is 63.2 Å². The molecule has 3 heteroatoms. The molecule has 118 valence electrons. The highest BCUT2D eigenvalue weighted by Crippen LogP contribution is 2.14. The lowest BCUT2D eigenvalue weighted by Crippen LogP contribution is -2.25. The molecule has 0 aliphatic heterocycles. The molecule has 0 aliphatic rings. The number of anilines is 1. The summed E-state index contributed by atoms with van der Waals surface area (Å²) in [6, 6.07) is 7.67. The molecule has 0 aromatic heterocycles. The van der Waals surface area contributed by atoms with E-state index in [0.717, 1.165) is 36.7 Å². The Kier molecular flexibility index (Phi) is 8.56. The third-order valence-corrected chi connectivity index (χ3v) is 3.53. The van der Waals surface area contributed by atoms with Gasteiger partial charge in [-0.2, -0.15) is 0 Å². The predicted molar refractivity (Wildman–Crippen MR) is 90.9 cm³/mol. The van der Waals surface area contributed by atoms with Crippen LogP contribution in [0.25, 0.3) is 0 Å². The number of rotatable bonds is 10. The highest BCUT2D eigenvalue weighted by molar-refractivity contribution is 5.99. The second-order valence-electron chi connectivity index (χ2n) is 5.93. The molecule has 1 aromatic rings. The van der Waals surface area contributed by atoms with Gasteiger partial charge in [0.1, 0.15) is 0 Å². The molecule has 0 spiro atoms. The van der Waals surface area contributed by atoms with Gasteiger partial charge in [-0.15, -0.1) is 0 Å². The number of carbonyl (C=O) groups is 1. The van der Waals surface area contributed by atoms with Crippen LogP contribution in [0.5, 0.6) is 0 Å². The number of unbranched alkanes of at least 4 members (excludes halogenated alkanes) is 3. The lowest BCUT2D eigenvalue weighted by molar-refractivity contribution is 0.0953. The average molecular weight is 290 g/mol. The van der Waals surface area contributed by atoms with Gasteiger partial charge in [0.2, 0.25) is 0 Å². The SMILES string of the molecule is CCNc1ccccc1C(=O)NCCCCCCC(C)C. The summed E-state index contributed by atoms with van der Waals surface area (Å²) in [6.45, 7) is 8.15. The first-order valence-electron chi connectivity index (χ1n) is 8.26. The molecule has 0 aliphatic carbocycles. The van der Waals surface area contributed by atoms with Crippen molar-refractivity contribution in [2.45, 2.75) is 52.9 Å². The maximum atomic E-state index is 12.2. The molecule has 2 N–H and O–H groups in total. The van der Waals surface area contributed by atoms with Crippen LogP contribution >= 0.6 is 0 Å². The lowest BCUT2D eigenvalue weighted by Gasteiger charge is -2.11. The second kappa shape index (κ2) is 10.3. The summed E-state index contributed by atoms with van der Waals surface area (Å²) in [5, 5.41) is 6.24. The smallest absolute Gasteiger partial charge is 0.253 e. The highest BCUT2D eigenvalue weighted by Gasteiger charge is 2.09. The van der Waals surface area contributed by atoms with Crippen molar-refractivity contribution in [3.05, 3.63) is 29.8 Å². The summed E-state index contributed by atoms with van der Waals surface area (Å²) in [7, 11) is 0. The fourth-order valence-electron chi connectivity index (χ4n) is 2.35. The van der Waals surface area contributed by atoms with Gasteiger partial charge >= 0.3 is 0 Å². The normalized spacial score (nSPS) is 10.7. The number of carbonyl (C=O) groups excluding carboxylic acids is 1. The molecule has 0 fully saturated rings. The van der Waals surface area contributed by atoms with Crippen LogP contribution in [-0.2, 0) is 0 Å². The summed E-state index contributed by atoms with van der Waals surface area (Å²) >= 11 is 0. The summed E-state index contributed by atoms with van der Waals surface area (Å²) in [4.78, 5) is 12.2. The first-order chi connectivity index (χ1) is 10.1. The van der Waals surface area contributed by atoms with Crippen molar-refractivity contribution in [3.8, 4) is 0 Å². The van der Waals surface area contributed by atoms with Gasteiger partial charge in [-0.3, -0.25) is 4.79 Å². The molecule has 1 amide bonds. The number of benzene rings is 1. The number of amides is 1. The van der Waals surface area contributed by atoms with E-state index in [4.69, 9.17) is 0 Å². The van der Waals surface area contributed by atoms with Crippen molar-refractivity contribution in [1.82, 2.24) is 5.32 Å². The third-order valence-electron chi connectivity index (χ3n) is 3.53. The fraction of sp³-hybridized carbons (Fsp3) is 0.611. The van der Waals surface area contributed by atoms with Crippen LogP contribution < -0.4 is 10.6 Å². The van der Waals surface area contributed by atoms with Crippen LogP contribution in [0.15, 0.2) is 24.3 Å². The van der Waals surface area contributed by atoms with E-state index in [1.165, 1.54) is 25.7 Å². The van der Waals surface area contributed by atoms with Gasteiger partial charge in [0.15, 0.2) is 0 Å². The summed E-state index contributed by atoms with van der Waals surface area (Å²) in [5.41, 5.74) is 1.65. The largest absolute Gasteiger partial charge is 0.385 e. The molecule has 0 heterocycles. The van der Waals surface area contributed by atoms with E-state index in [9.17, 15) is 4.79 Å². The zero-order chi connectivity index (χ0) is 15.5. The monoisotopic (exact) mass is 290 g/mol. The molecular formula is C18H30N2O. The van der Waals surface area contributed by atoms with Gasteiger partial charge in [-0.1, -0.05) is 51.7 Å². The van der Waals surface area contributed by atoms with Gasteiger partial charge in [0.05, 0.1) is 5.56 Å². The van der Waals surface area contributed by atoms with Crippen molar-refractivity contribution in [1.29, 1.82) is 0 Å². The Labute approximate surface area is 129 Å². The molecule has 1 aromatic carbocycles. The quantitative estimate of drug-likeness (QED) is 0.625. The van der Waals surface area contributed by atoms with Crippen LogP contribution in [0.3, 0.4) is 0 Å². The maximum absolute atomic E-state index is 12.2. The van der Waals surface area contributed by atoms with E-state index in [2.05, 4.69) is 24.5 Å². The molecule has 0 bridgehead atoms. The Hall–Kier alpha value is -1.51. The first-order valence-corrected chi connectivity index (χ1v) is 8.26. The number of hydrogen-bond donors (Lipinski definition) is 2. The standard InChI is InChI=1S/C18H30N2O/c1-4-19-17-13-9-8-12-16(17)18(21)20-14-10-6-5-7-11-15(2)3/h8-9,12-13,15,19H,4-7,10-11,14H2,1-3H3,(H,20,21). The van der Waals surface area contributed by atoms with Gasteiger partial charge in [-0.05, 0) is 31.4 Å². The molecule has 0 atom stereocenters. The minimum atomic E-state index is 0.0220. The Bertz CT molecular complexity index is 415. The fourth-order valence-corrected chi connectivity index (χ4v) is 2.35. The highest BCUT2D eigenvalue weighted by atomic mass is 16.1. The maximum Gasteiger partial charge on any atom is 0.253 e. The van der Waals surface area contributed by atoms with Crippen LogP contribution in [-0.4, -0.2) is 19.0 Å². The minimum Gasteiger partial charge on any atom is -0.385 e. The van der Waals surface area contributed by atoms with Crippen LogP contribution in [0.2, 0.25) is 0 Å². The van der Waals surface area contributed by atoms with Gasteiger partial charge in [0.25, 0.3) is 5.91 Å². The van der Waals surface area contributed by atoms with E-state index in [0.29, 0.717) is 0 Å². The van der Waals surface area contributed by atoms with E-state index in [1.807, 2.05) is 31.2 Å². The van der Waals surface area contributed by atoms with Crippen molar-refractivity contribution >= 4 is 11.6 Å². The zero-order valence-corrected chi connectivity index (χ0v) is 13.7. The Morgan fingerprint density at radius 2 is 1.81 bits per heavy atom. The third kappa shape index (κ3) is 7.16. The van der Waals surface area contributed by atoms with E-state index in [-0.39, 0.29) is 5.91 Å². The molecule has 21 heavy (non-hydrogen) atoms. The second-order valence-corrected chi connectivity index (χ2v) is 5.93.